The average molecular weight is 315 g/mol. The molecule has 0 spiro atoms. The summed E-state index contributed by atoms with van der Waals surface area (Å²) in [5.41, 5.74) is 7.62. The van der Waals surface area contributed by atoms with E-state index in [0.29, 0.717) is 5.92 Å². The molecular formula is C13H23BrN4. The Balaban J connectivity index is 2.12. The fraction of sp³-hybridized carbons (Fsp3) is 0.769. The zero-order valence-corrected chi connectivity index (χ0v) is 12.9. The van der Waals surface area contributed by atoms with Crippen LogP contribution in [0.3, 0.4) is 0 Å². The van der Waals surface area contributed by atoms with Crippen LogP contribution >= 0.6 is 15.9 Å². The van der Waals surface area contributed by atoms with E-state index in [4.69, 9.17) is 5.73 Å². The molecule has 1 aliphatic rings. The van der Waals surface area contributed by atoms with E-state index in [1.807, 2.05) is 6.20 Å². The van der Waals surface area contributed by atoms with Crippen molar-refractivity contribution in [2.45, 2.75) is 38.3 Å². The highest BCUT2D eigenvalue weighted by Crippen LogP contribution is 2.36. The number of nitrogens with zero attached hydrogens (tertiary/aromatic N) is 3. The van der Waals surface area contributed by atoms with Gasteiger partial charge in [0.25, 0.3) is 0 Å². The van der Waals surface area contributed by atoms with Gasteiger partial charge >= 0.3 is 0 Å². The number of likely N-dealkylation sites (N-methyl/N-ethyl adjacent to an activating group) is 1. The van der Waals surface area contributed by atoms with Gasteiger partial charge in [-0.05, 0) is 48.8 Å². The third kappa shape index (κ3) is 3.13. The lowest BCUT2D eigenvalue weighted by atomic mass is 9.96. The molecule has 1 aromatic rings. The molecule has 0 bridgehead atoms. The van der Waals surface area contributed by atoms with Crippen molar-refractivity contribution in [1.29, 1.82) is 0 Å². The monoisotopic (exact) mass is 314 g/mol. The smallest absolute Gasteiger partial charge is 0.0696 e. The zero-order chi connectivity index (χ0) is 13.1. The minimum Gasteiger partial charge on any atom is -0.322 e. The molecule has 0 radical (unpaired) electrons. The van der Waals surface area contributed by atoms with Crippen LogP contribution in [0.15, 0.2) is 10.7 Å². The number of rotatable bonds is 5. The fourth-order valence-electron chi connectivity index (χ4n) is 2.72. The molecule has 2 N–H and O–H groups in total. The molecule has 102 valence electrons. The van der Waals surface area contributed by atoms with Gasteiger partial charge in [-0.2, -0.15) is 5.10 Å². The van der Waals surface area contributed by atoms with Crippen molar-refractivity contribution < 1.29 is 0 Å². The van der Waals surface area contributed by atoms with Gasteiger partial charge in [0.1, 0.15) is 0 Å². The number of aromatic nitrogens is 2. The summed E-state index contributed by atoms with van der Waals surface area (Å²) in [6, 6.07) is 0.117. The van der Waals surface area contributed by atoms with Crippen molar-refractivity contribution in [3.8, 4) is 0 Å². The van der Waals surface area contributed by atoms with Gasteiger partial charge in [0.15, 0.2) is 0 Å². The van der Waals surface area contributed by atoms with Gasteiger partial charge in [0, 0.05) is 6.54 Å². The molecule has 18 heavy (non-hydrogen) atoms. The van der Waals surface area contributed by atoms with Crippen LogP contribution in [0.4, 0.5) is 0 Å². The van der Waals surface area contributed by atoms with Crippen molar-refractivity contribution >= 4 is 15.9 Å². The normalized spacial score (nSPS) is 18.7. The average Bonchev–Trinajstić information content (AvgIpc) is 2.94. The zero-order valence-electron chi connectivity index (χ0n) is 11.3. The van der Waals surface area contributed by atoms with Crippen molar-refractivity contribution in [2.75, 3.05) is 20.6 Å². The summed E-state index contributed by atoms with van der Waals surface area (Å²) in [6.45, 7) is 1.88. The second-order valence-electron chi connectivity index (χ2n) is 5.47. The van der Waals surface area contributed by atoms with Crippen molar-refractivity contribution in [2.24, 2.45) is 11.7 Å². The molecule has 1 saturated carbocycles. The standard InChI is InChI=1S/C13H23BrN4/c1-17(2)7-8-18-13(11(14)9-16-18)12(15)10-5-3-4-6-10/h9-10,12H,3-8,15H2,1-2H3. The third-order valence-electron chi connectivity index (χ3n) is 3.82. The minimum atomic E-state index is 0.117. The number of hydrogen-bond acceptors (Lipinski definition) is 3. The SMILES string of the molecule is CN(C)CCn1ncc(Br)c1C(N)C1CCCC1. The summed E-state index contributed by atoms with van der Waals surface area (Å²) < 4.78 is 3.12. The summed E-state index contributed by atoms with van der Waals surface area (Å²) in [5.74, 6) is 0.621. The summed E-state index contributed by atoms with van der Waals surface area (Å²) >= 11 is 3.59. The lowest BCUT2D eigenvalue weighted by Gasteiger charge is -2.21. The summed E-state index contributed by atoms with van der Waals surface area (Å²) in [7, 11) is 4.16. The molecule has 1 unspecified atom stereocenters. The van der Waals surface area contributed by atoms with Crippen LogP contribution in [-0.4, -0.2) is 35.3 Å². The van der Waals surface area contributed by atoms with Gasteiger partial charge < -0.3 is 10.6 Å². The van der Waals surface area contributed by atoms with Crippen LogP contribution in [0.1, 0.15) is 37.4 Å². The van der Waals surface area contributed by atoms with Crippen molar-refractivity contribution in [3.63, 3.8) is 0 Å². The first-order valence-corrected chi connectivity index (χ1v) is 7.50. The topological polar surface area (TPSA) is 47.1 Å². The van der Waals surface area contributed by atoms with Gasteiger partial charge in [-0.1, -0.05) is 12.8 Å². The van der Waals surface area contributed by atoms with E-state index >= 15 is 0 Å². The maximum atomic E-state index is 6.45. The van der Waals surface area contributed by atoms with E-state index in [9.17, 15) is 0 Å². The molecule has 1 aliphatic carbocycles. The van der Waals surface area contributed by atoms with Gasteiger partial charge in [-0.25, -0.2) is 0 Å². The fourth-order valence-corrected chi connectivity index (χ4v) is 3.28. The Bertz CT molecular complexity index is 382. The second kappa shape index (κ2) is 6.17. The van der Waals surface area contributed by atoms with Gasteiger partial charge in [-0.15, -0.1) is 0 Å². The Labute approximate surface area is 118 Å². The van der Waals surface area contributed by atoms with Crippen LogP contribution in [-0.2, 0) is 6.54 Å². The molecule has 5 heteroatoms. The van der Waals surface area contributed by atoms with Gasteiger partial charge in [0.05, 0.1) is 29.0 Å². The van der Waals surface area contributed by atoms with E-state index in [1.165, 1.54) is 31.4 Å². The molecule has 0 amide bonds. The molecule has 1 aromatic heterocycles. The van der Waals surface area contributed by atoms with Crippen LogP contribution in [0.2, 0.25) is 0 Å². The van der Waals surface area contributed by atoms with Crippen LogP contribution in [0.25, 0.3) is 0 Å². The number of hydrogen-bond donors (Lipinski definition) is 1. The summed E-state index contributed by atoms with van der Waals surface area (Å²) in [4.78, 5) is 2.17. The lowest BCUT2D eigenvalue weighted by molar-refractivity contribution is 0.354. The Kier molecular flexibility index (Phi) is 4.81. The van der Waals surface area contributed by atoms with Gasteiger partial charge in [0.2, 0.25) is 0 Å². The molecule has 4 nitrogen and oxygen atoms in total. The first kappa shape index (κ1) is 14.0. The lowest BCUT2D eigenvalue weighted by Crippen LogP contribution is -2.26. The Morgan fingerprint density at radius 1 is 1.50 bits per heavy atom. The molecule has 0 aromatic carbocycles. The highest BCUT2D eigenvalue weighted by Gasteiger charge is 2.27. The molecule has 0 aliphatic heterocycles. The first-order valence-electron chi connectivity index (χ1n) is 6.71. The second-order valence-corrected chi connectivity index (χ2v) is 6.33. The van der Waals surface area contributed by atoms with E-state index in [-0.39, 0.29) is 6.04 Å². The van der Waals surface area contributed by atoms with E-state index in [0.717, 1.165) is 17.6 Å². The summed E-state index contributed by atoms with van der Waals surface area (Å²) in [6.07, 6.45) is 7.03. The molecular weight excluding hydrogens is 292 g/mol. The van der Waals surface area contributed by atoms with Crippen molar-refractivity contribution in [1.82, 2.24) is 14.7 Å². The molecule has 1 atom stereocenters. The maximum Gasteiger partial charge on any atom is 0.0696 e. The largest absolute Gasteiger partial charge is 0.322 e. The van der Waals surface area contributed by atoms with E-state index in [2.05, 4.69) is 44.7 Å². The highest BCUT2D eigenvalue weighted by molar-refractivity contribution is 9.10. The Hall–Kier alpha value is -0.390. The molecule has 1 heterocycles. The van der Waals surface area contributed by atoms with Crippen LogP contribution < -0.4 is 5.73 Å². The Morgan fingerprint density at radius 2 is 2.17 bits per heavy atom. The van der Waals surface area contributed by atoms with E-state index in [1.54, 1.807) is 0 Å². The first-order chi connectivity index (χ1) is 8.59. The van der Waals surface area contributed by atoms with Gasteiger partial charge in [-0.3, -0.25) is 4.68 Å². The number of halogens is 1. The molecule has 0 saturated heterocycles. The molecule has 1 fully saturated rings. The van der Waals surface area contributed by atoms with Crippen LogP contribution in [0, 0.1) is 5.92 Å². The third-order valence-corrected chi connectivity index (χ3v) is 4.43. The maximum absolute atomic E-state index is 6.45. The van der Waals surface area contributed by atoms with Crippen LogP contribution in [0.5, 0.6) is 0 Å². The number of nitrogens with two attached hydrogens (primary N) is 1. The summed E-state index contributed by atoms with van der Waals surface area (Å²) in [5, 5.41) is 4.44. The Morgan fingerprint density at radius 3 is 2.78 bits per heavy atom. The quantitative estimate of drug-likeness (QED) is 0.907. The predicted molar refractivity (Wildman–Crippen MR) is 77.4 cm³/mol. The minimum absolute atomic E-state index is 0.117. The highest BCUT2D eigenvalue weighted by atomic mass is 79.9. The van der Waals surface area contributed by atoms with E-state index < -0.39 is 0 Å². The van der Waals surface area contributed by atoms with Crippen molar-refractivity contribution in [3.05, 3.63) is 16.4 Å². The molecule has 2 rings (SSSR count). The predicted octanol–water partition coefficient (Wildman–Crippen LogP) is 2.40.